The summed E-state index contributed by atoms with van der Waals surface area (Å²) < 4.78 is 0. The molecule has 1 aliphatic rings. The summed E-state index contributed by atoms with van der Waals surface area (Å²) in [5, 5.41) is 10.5. The fourth-order valence-corrected chi connectivity index (χ4v) is 2.67. The van der Waals surface area contributed by atoms with Gasteiger partial charge >= 0.3 is 0 Å². The van der Waals surface area contributed by atoms with Gasteiger partial charge in [0.2, 0.25) is 0 Å². The largest absolute Gasteiger partial charge is 0.390 e. The number of hydrogen-bond donors (Lipinski definition) is 1. The van der Waals surface area contributed by atoms with Gasteiger partial charge in [0.15, 0.2) is 0 Å². The molecule has 1 fully saturated rings. The Morgan fingerprint density at radius 1 is 1.20 bits per heavy atom. The van der Waals surface area contributed by atoms with Crippen LogP contribution in [0.2, 0.25) is 0 Å². The fourth-order valence-electron chi connectivity index (χ4n) is 2.67. The van der Waals surface area contributed by atoms with Crippen molar-refractivity contribution < 1.29 is 5.11 Å². The van der Waals surface area contributed by atoms with Crippen LogP contribution in [0.1, 0.15) is 52.9 Å². The summed E-state index contributed by atoms with van der Waals surface area (Å²) in [6.07, 6.45) is 5.50. The molecule has 0 spiro atoms. The van der Waals surface area contributed by atoms with Crippen molar-refractivity contribution in [2.45, 2.75) is 58.5 Å². The first kappa shape index (κ1) is 13.0. The van der Waals surface area contributed by atoms with Crippen LogP contribution >= 0.6 is 0 Å². The molecule has 2 nitrogen and oxygen atoms in total. The van der Waals surface area contributed by atoms with Gasteiger partial charge in [-0.3, -0.25) is 0 Å². The molecular weight excluding hydrogens is 186 g/mol. The Labute approximate surface area is 94.7 Å². The predicted octanol–water partition coefficient (Wildman–Crippen LogP) is 2.66. The minimum Gasteiger partial charge on any atom is -0.390 e. The molecule has 90 valence electrons. The molecule has 1 heterocycles. The zero-order chi connectivity index (χ0) is 11.3. The second kappa shape index (κ2) is 5.86. The van der Waals surface area contributed by atoms with Gasteiger partial charge in [0.05, 0.1) is 5.60 Å². The van der Waals surface area contributed by atoms with Crippen LogP contribution in [0.4, 0.5) is 0 Å². The smallest absolute Gasteiger partial charge is 0.0697 e. The van der Waals surface area contributed by atoms with Crippen molar-refractivity contribution in [3.63, 3.8) is 0 Å². The van der Waals surface area contributed by atoms with Gasteiger partial charge in [-0.25, -0.2) is 0 Å². The fraction of sp³-hybridized carbons (Fsp3) is 1.00. The zero-order valence-corrected chi connectivity index (χ0v) is 10.6. The maximum absolute atomic E-state index is 10.5. The van der Waals surface area contributed by atoms with E-state index in [1.54, 1.807) is 0 Å². The number of nitrogens with zero attached hydrogens (tertiary/aromatic N) is 1. The van der Waals surface area contributed by atoms with E-state index < -0.39 is 0 Å². The van der Waals surface area contributed by atoms with Crippen LogP contribution in [0, 0.1) is 5.92 Å². The molecule has 15 heavy (non-hydrogen) atoms. The van der Waals surface area contributed by atoms with E-state index in [9.17, 15) is 5.11 Å². The highest BCUT2D eigenvalue weighted by Crippen LogP contribution is 2.32. The van der Waals surface area contributed by atoms with E-state index in [1.165, 1.54) is 19.4 Å². The van der Waals surface area contributed by atoms with Gasteiger partial charge in [-0.2, -0.15) is 0 Å². The van der Waals surface area contributed by atoms with Crippen LogP contribution in [0.3, 0.4) is 0 Å². The average Bonchev–Trinajstić information content (AvgIpc) is 2.22. The van der Waals surface area contributed by atoms with Crippen molar-refractivity contribution in [1.29, 1.82) is 0 Å². The van der Waals surface area contributed by atoms with Gasteiger partial charge in [-0.15, -0.1) is 0 Å². The number of aliphatic hydroxyl groups is 1. The minimum absolute atomic E-state index is 0.375. The van der Waals surface area contributed by atoms with Crippen LogP contribution in [0.15, 0.2) is 0 Å². The van der Waals surface area contributed by atoms with Crippen LogP contribution in [0.5, 0.6) is 0 Å². The summed E-state index contributed by atoms with van der Waals surface area (Å²) in [5.74, 6) is 0.464. The lowest BCUT2D eigenvalue weighted by Gasteiger charge is -2.42. The predicted molar refractivity (Wildman–Crippen MR) is 65.0 cm³/mol. The lowest BCUT2D eigenvalue weighted by Crippen LogP contribution is -2.48. The number of likely N-dealkylation sites (tertiary alicyclic amines) is 1. The topological polar surface area (TPSA) is 23.5 Å². The van der Waals surface area contributed by atoms with Crippen LogP contribution in [-0.2, 0) is 0 Å². The third-order valence-corrected chi connectivity index (χ3v) is 3.90. The summed E-state index contributed by atoms with van der Waals surface area (Å²) in [6, 6.07) is 0. The van der Waals surface area contributed by atoms with Crippen molar-refractivity contribution in [2.75, 3.05) is 19.6 Å². The Kier molecular flexibility index (Phi) is 5.07. The summed E-state index contributed by atoms with van der Waals surface area (Å²) >= 11 is 0. The Morgan fingerprint density at radius 2 is 1.80 bits per heavy atom. The molecule has 0 aromatic carbocycles. The number of piperidine rings is 1. The standard InChI is InChI=1S/C13H27NO/c1-4-6-12(3)13(15)7-10-14(9-5-2)11-8-13/h12,15H,4-11H2,1-3H3. The van der Waals surface area contributed by atoms with E-state index in [0.717, 1.165) is 32.4 Å². The second-order valence-corrected chi connectivity index (χ2v) is 5.13. The van der Waals surface area contributed by atoms with Crippen molar-refractivity contribution in [3.05, 3.63) is 0 Å². The SMILES string of the molecule is CCCC(C)C1(O)CCN(CCC)CC1. The Balaban J connectivity index is 2.39. The van der Waals surface area contributed by atoms with Gasteiger partial charge < -0.3 is 10.0 Å². The first-order valence-corrected chi connectivity index (χ1v) is 6.57. The average molecular weight is 213 g/mol. The third-order valence-electron chi connectivity index (χ3n) is 3.90. The van der Waals surface area contributed by atoms with E-state index in [0.29, 0.717) is 5.92 Å². The molecular formula is C13H27NO. The molecule has 2 heteroatoms. The molecule has 1 atom stereocenters. The number of hydrogen-bond acceptors (Lipinski definition) is 2. The summed E-state index contributed by atoms with van der Waals surface area (Å²) in [4.78, 5) is 2.48. The quantitative estimate of drug-likeness (QED) is 0.759. The van der Waals surface area contributed by atoms with Gasteiger partial charge in [0.25, 0.3) is 0 Å². The number of rotatable bonds is 5. The highest BCUT2D eigenvalue weighted by Gasteiger charge is 2.36. The van der Waals surface area contributed by atoms with Crippen molar-refractivity contribution in [1.82, 2.24) is 4.90 Å². The van der Waals surface area contributed by atoms with Crippen LogP contribution in [-0.4, -0.2) is 35.2 Å². The first-order valence-electron chi connectivity index (χ1n) is 6.57. The molecule has 1 aliphatic heterocycles. The summed E-state index contributed by atoms with van der Waals surface area (Å²) in [7, 11) is 0. The molecule has 0 aromatic heterocycles. The third kappa shape index (κ3) is 3.46. The molecule has 0 bridgehead atoms. The Morgan fingerprint density at radius 3 is 2.27 bits per heavy atom. The van der Waals surface area contributed by atoms with Crippen molar-refractivity contribution in [3.8, 4) is 0 Å². The molecule has 0 radical (unpaired) electrons. The Hall–Kier alpha value is -0.0800. The van der Waals surface area contributed by atoms with Crippen LogP contribution < -0.4 is 0 Å². The van der Waals surface area contributed by atoms with E-state index in [2.05, 4.69) is 25.7 Å². The summed E-state index contributed by atoms with van der Waals surface area (Å²) in [5.41, 5.74) is -0.375. The molecule has 1 rings (SSSR count). The second-order valence-electron chi connectivity index (χ2n) is 5.13. The van der Waals surface area contributed by atoms with E-state index in [-0.39, 0.29) is 5.60 Å². The molecule has 1 N–H and O–H groups in total. The Bertz CT molecular complexity index is 173. The normalized spacial score (nSPS) is 24.0. The lowest BCUT2D eigenvalue weighted by atomic mass is 9.78. The van der Waals surface area contributed by atoms with Gasteiger partial charge in [-0.05, 0) is 38.1 Å². The molecule has 0 amide bonds. The molecule has 0 aliphatic carbocycles. The molecule has 1 unspecified atom stereocenters. The highest BCUT2D eigenvalue weighted by atomic mass is 16.3. The zero-order valence-electron chi connectivity index (χ0n) is 10.6. The van der Waals surface area contributed by atoms with Crippen LogP contribution in [0.25, 0.3) is 0 Å². The van der Waals surface area contributed by atoms with Crippen molar-refractivity contribution in [2.24, 2.45) is 5.92 Å². The molecule has 0 aromatic rings. The highest BCUT2D eigenvalue weighted by molar-refractivity contribution is 4.89. The molecule has 0 saturated carbocycles. The van der Waals surface area contributed by atoms with E-state index in [1.807, 2.05) is 0 Å². The first-order chi connectivity index (χ1) is 7.12. The van der Waals surface area contributed by atoms with E-state index in [4.69, 9.17) is 0 Å². The van der Waals surface area contributed by atoms with E-state index >= 15 is 0 Å². The minimum atomic E-state index is -0.375. The summed E-state index contributed by atoms with van der Waals surface area (Å²) in [6.45, 7) is 9.99. The maximum atomic E-state index is 10.5. The van der Waals surface area contributed by atoms with Gasteiger partial charge in [0.1, 0.15) is 0 Å². The maximum Gasteiger partial charge on any atom is 0.0697 e. The van der Waals surface area contributed by atoms with Crippen molar-refractivity contribution >= 4 is 0 Å². The van der Waals surface area contributed by atoms with Gasteiger partial charge in [0, 0.05) is 13.1 Å². The van der Waals surface area contributed by atoms with Gasteiger partial charge in [-0.1, -0.05) is 27.2 Å². The molecule has 1 saturated heterocycles. The monoisotopic (exact) mass is 213 g/mol. The lowest BCUT2D eigenvalue weighted by molar-refractivity contribution is -0.0640.